The van der Waals surface area contributed by atoms with Gasteiger partial charge in [-0.15, -0.1) is 0 Å². The number of nitrogens with one attached hydrogen (secondary N) is 3. The Morgan fingerprint density at radius 2 is 1.72 bits per heavy atom. The molecule has 9 heteroatoms. The predicted molar refractivity (Wildman–Crippen MR) is 93.0 cm³/mol. The molecular weight excluding hydrogens is 328 g/mol. The number of ether oxygens (including phenoxy) is 1. The Balaban J connectivity index is 2.10. The fourth-order valence-electron chi connectivity index (χ4n) is 2.06. The lowest BCUT2D eigenvalue weighted by Crippen LogP contribution is -2.20. The average molecular weight is 344 g/mol. The van der Waals surface area contributed by atoms with Crippen LogP contribution in [0.4, 0.5) is 27.5 Å². The summed E-state index contributed by atoms with van der Waals surface area (Å²) < 4.78 is 5.06. The van der Waals surface area contributed by atoms with Crippen molar-refractivity contribution in [2.75, 3.05) is 23.1 Å². The first kappa shape index (κ1) is 17.7. The van der Waals surface area contributed by atoms with Crippen molar-refractivity contribution in [2.24, 2.45) is 0 Å². The van der Waals surface area contributed by atoms with Gasteiger partial charge in [-0.3, -0.25) is 14.9 Å². The molecule has 0 aliphatic heterocycles. The number of methoxy groups -OCH3 is 1. The molecule has 2 rings (SSSR count). The first-order valence-corrected chi connectivity index (χ1v) is 7.17. The zero-order valence-electron chi connectivity index (χ0n) is 13.5. The minimum Gasteiger partial charge on any atom is -0.494 e. The summed E-state index contributed by atoms with van der Waals surface area (Å²) in [6.45, 7) is 1.38. The maximum Gasteiger partial charge on any atom is 0.323 e. The SMILES string of the molecule is COc1cc([N+](=O)[O-])ccc1NC(=O)Nc1cccc(NC(C)=O)c1. The summed E-state index contributed by atoms with van der Waals surface area (Å²) in [5, 5.41) is 18.5. The van der Waals surface area contributed by atoms with Gasteiger partial charge < -0.3 is 20.7 Å². The Morgan fingerprint density at radius 1 is 1.04 bits per heavy atom. The lowest BCUT2D eigenvalue weighted by atomic mass is 10.2. The van der Waals surface area contributed by atoms with Crippen LogP contribution in [0.2, 0.25) is 0 Å². The van der Waals surface area contributed by atoms with E-state index in [4.69, 9.17) is 4.74 Å². The van der Waals surface area contributed by atoms with Crippen molar-refractivity contribution in [1.29, 1.82) is 0 Å². The van der Waals surface area contributed by atoms with E-state index < -0.39 is 11.0 Å². The van der Waals surface area contributed by atoms with Crippen molar-refractivity contribution in [2.45, 2.75) is 6.92 Å². The Labute approximate surface area is 143 Å². The van der Waals surface area contributed by atoms with Gasteiger partial charge in [0.15, 0.2) is 0 Å². The van der Waals surface area contributed by atoms with Gasteiger partial charge in [-0.1, -0.05) is 6.07 Å². The molecule has 0 spiro atoms. The van der Waals surface area contributed by atoms with E-state index >= 15 is 0 Å². The number of hydrogen-bond acceptors (Lipinski definition) is 5. The van der Waals surface area contributed by atoms with E-state index in [0.29, 0.717) is 11.4 Å². The number of hydrogen-bond donors (Lipinski definition) is 3. The molecule has 0 aliphatic rings. The standard InChI is InChI=1S/C16H16N4O5/c1-10(21)17-11-4-3-5-12(8-11)18-16(22)19-14-7-6-13(20(23)24)9-15(14)25-2/h3-9H,1-2H3,(H,17,21)(H2,18,19,22). The second kappa shape index (κ2) is 7.77. The highest BCUT2D eigenvalue weighted by molar-refractivity contribution is 6.01. The molecule has 2 aromatic carbocycles. The van der Waals surface area contributed by atoms with Crippen molar-refractivity contribution < 1.29 is 19.2 Å². The van der Waals surface area contributed by atoms with Crippen molar-refractivity contribution >= 4 is 34.7 Å². The molecule has 0 bridgehead atoms. The Kier molecular flexibility index (Phi) is 5.51. The van der Waals surface area contributed by atoms with Crippen LogP contribution >= 0.6 is 0 Å². The molecule has 0 aliphatic carbocycles. The largest absolute Gasteiger partial charge is 0.494 e. The highest BCUT2D eigenvalue weighted by atomic mass is 16.6. The molecule has 3 N–H and O–H groups in total. The molecule has 0 heterocycles. The average Bonchev–Trinajstić information content (AvgIpc) is 2.54. The normalized spacial score (nSPS) is 9.84. The van der Waals surface area contributed by atoms with Gasteiger partial charge in [-0.2, -0.15) is 0 Å². The van der Waals surface area contributed by atoms with Gasteiger partial charge in [0, 0.05) is 24.4 Å². The van der Waals surface area contributed by atoms with E-state index in [2.05, 4.69) is 16.0 Å². The number of rotatable bonds is 5. The molecule has 0 aromatic heterocycles. The van der Waals surface area contributed by atoms with Crippen LogP contribution in [-0.2, 0) is 4.79 Å². The quantitative estimate of drug-likeness (QED) is 0.568. The second-order valence-corrected chi connectivity index (χ2v) is 4.98. The molecule has 130 valence electrons. The smallest absolute Gasteiger partial charge is 0.323 e. The third-order valence-corrected chi connectivity index (χ3v) is 3.08. The third-order valence-electron chi connectivity index (χ3n) is 3.08. The molecule has 0 radical (unpaired) electrons. The number of carbonyl (C=O) groups excluding carboxylic acids is 2. The molecule has 0 unspecified atom stereocenters. The number of non-ortho nitro benzene ring substituents is 1. The molecule has 0 fully saturated rings. The molecule has 9 nitrogen and oxygen atoms in total. The van der Waals surface area contributed by atoms with E-state index in [1.54, 1.807) is 24.3 Å². The predicted octanol–water partition coefficient (Wildman–Crippen LogP) is 3.21. The van der Waals surface area contributed by atoms with Crippen LogP contribution < -0.4 is 20.7 Å². The Morgan fingerprint density at radius 3 is 2.32 bits per heavy atom. The summed E-state index contributed by atoms with van der Waals surface area (Å²) in [6.07, 6.45) is 0. The number of nitro benzene ring substituents is 1. The van der Waals surface area contributed by atoms with Crippen molar-refractivity contribution in [3.8, 4) is 5.75 Å². The van der Waals surface area contributed by atoms with Crippen molar-refractivity contribution in [3.63, 3.8) is 0 Å². The number of anilines is 3. The number of urea groups is 1. The van der Waals surface area contributed by atoms with E-state index in [9.17, 15) is 19.7 Å². The summed E-state index contributed by atoms with van der Waals surface area (Å²) in [4.78, 5) is 33.4. The van der Waals surface area contributed by atoms with Gasteiger partial charge in [0.2, 0.25) is 5.91 Å². The number of nitro groups is 1. The maximum atomic E-state index is 12.1. The molecular formula is C16H16N4O5. The maximum absolute atomic E-state index is 12.1. The first-order valence-electron chi connectivity index (χ1n) is 7.17. The molecule has 2 aromatic rings. The van der Waals surface area contributed by atoms with Gasteiger partial charge in [0.25, 0.3) is 5.69 Å². The zero-order chi connectivity index (χ0) is 18.4. The fourth-order valence-corrected chi connectivity index (χ4v) is 2.06. The second-order valence-electron chi connectivity index (χ2n) is 4.98. The zero-order valence-corrected chi connectivity index (χ0v) is 13.5. The molecule has 0 saturated carbocycles. The van der Waals surface area contributed by atoms with Crippen LogP contribution in [0.15, 0.2) is 42.5 Å². The highest BCUT2D eigenvalue weighted by Crippen LogP contribution is 2.29. The molecule has 25 heavy (non-hydrogen) atoms. The minimum atomic E-state index is -0.563. The fraction of sp³-hybridized carbons (Fsp3) is 0.125. The van der Waals surface area contributed by atoms with Crippen LogP contribution in [0.25, 0.3) is 0 Å². The molecule has 0 atom stereocenters. The number of benzene rings is 2. The summed E-state index contributed by atoms with van der Waals surface area (Å²) in [5.74, 6) is -0.0615. The Bertz CT molecular complexity index is 822. The topological polar surface area (TPSA) is 123 Å². The summed E-state index contributed by atoms with van der Waals surface area (Å²) >= 11 is 0. The van der Waals surface area contributed by atoms with Crippen LogP contribution in [0.3, 0.4) is 0 Å². The van der Waals surface area contributed by atoms with E-state index in [1.165, 1.54) is 32.2 Å². The lowest BCUT2D eigenvalue weighted by Gasteiger charge is -2.12. The minimum absolute atomic E-state index is 0.147. The van der Waals surface area contributed by atoms with Gasteiger partial charge in [-0.05, 0) is 24.3 Å². The molecule has 3 amide bonds. The monoisotopic (exact) mass is 344 g/mol. The van der Waals surface area contributed by atoms with Gasteiger partial charge in [-0.25, -0.2) is 4.79 Å². The first-order chi connectivity index (χ1) is 11.9. The summed E-state index contributed by atoms with van der Waals surface area (Å²) in [6, 6.07) is 9.89. The third kappa shape index (κ3) is 4.93. The van der Waals surface area contributed by atoms with E-state index in [-0.39, 0.29) is 23.0 Å². The van der Waals surface area contributed by atoms with Gasteiger partial charge in [0.1, 0.15) is 5.75 Å². The van der Waals surface area contributed by atoms with Gasteiger partial charge >= 0.3 is 6.03 Å². The molecule has 0 saturated heterocycles. The Hall–Kier alpha value is -3.62. The van der Waals surface area contributed by atoms with Crippen LogP contribution in [0.1, 0.15) is 6.92 Å². The van der Waals surface area contributed by atoms with Crippen molar-refractivity contribution in [1.82, 2.24) is 0 Å². The van der Waals surface area contributed by atoms with E-state index in [1.807, 2.05) is 0 Å². The van der Waals surface area contributed by atoms with Crippen molar-refractivity contribution in [3.05, 3.63) is 52.6 Å². The number of nitrogens with zero attached hydrogens (tertiary/aromatic N) is 1. The van der Waals surface area contributed by atoms with Crippen LogP contribution in [0, 0.1) is 10.1 Å². The van der Waals surface area contributed by atoms with Crippen LogP contribution in [-0.4, -0.2) is 24.0 Å². The van der Waals surface area contributed by atoms with Gasteiger partial charge in [0.05, 0.1) is 23.8 Å². The van der Waals surface area contributed by atoms with Crippen LogP contribution in [0.5, 0.6) is 5.75 Å². The number of carbonyl (C=O) groups is 2. The summed E-state index contributed by atoms with van der Waals surface area (Å²) in [7, 11) is 1.35. The van der Waals surface area contributed by atoms with E-state index in [0.717, 1.165) is 0 Å². The number of amides is 3. The summed E-state index contributed by atoms with van der Waals surface area (Å²) in [5.41, 5.74) is 1.14. The highest BCUT2D eigenvalue weighted by Gasteiger charge is 2.13. The lowest BCUT2D eigenvalue weighted by molar-refractivity contribution is -0.384.